The van der Waals surface area contributed by atoms with Crippen LogP contribution in [0.15, 0.2) is 48.5 Å². The van der Waals surface area contributed by atoms with Gasteiger partial charge in [0, 0.05) is 5.92 Å². The first-order chi connectivity index (χ1) is 18.3. The van der Waals surface area contributed by atoms with Crippen LogP contribution in [0, 0.1) is 5.92 Å². The van der Waals surface area contributed by atoms with Gasteiger partial charge in [-0.25, -0.2) is 19.2 Å². The van der Waals surface area contributed by atoms with E-state index in [9.17, 15) is 24.3 Å². The van der Waals surface area contributed by atoms with Crippen molar-refractivity contribution < 1.29 is 38.5 Å². The van der Waals surface area contributed by atoms with Crippen LogP contribution in [0.3, 0.4) is 0 Å². The van der Waals surface area contributed by atoms with E-state index in [4.69, 9.17) is 14.2 Å². The van der Waals surface area contributed by atoms with Crippen molar-refractivity contribution in [2.75, 3.05) is 6.61 Å². The number of carboxylic acids is 1. The molecule has 3 atom stereocenters. The van der Waals surface area contributed by atoms with Gasteiger partial charge in [-0.15, -0.1) is 0 Å². The van der Waals surface area contributed by atoms with E-state index in [-0.39, 0.29) is 12.5 Å². The molecule has 0 saturated carbocycles. The lowest BCUT2D eigenvalue weighted by molar-refractivity contribution is -0.157. The molecule has 0 spiro atoms. The molecule has 0 saturated heterocycles. The third-order valence-electron chi connectivity index (χ3n) is 6.25. The number of hydrogen-bond acceptors (Lipinski definition) is 7. The van der Waals surface area contributed by atoms with Gasteiger partial charge in [0.1, 0.15) is 24.4 Å². The summed E-state index contributed by atoms with van der Waals surface area (Å²) < 4.78 is 16.0. The molecule has 1 aliphatic rings. The molecule has 0 fully saturated rings. The van der Waals surface area contributed by atoms with Gasteiger partial charge in [-0.1, -0.05) is 62.4 Å². The monoisotopic (exact) mass is 540 g/mol. The first kappa shape index (κ1) is 29.5. The van der Waals surface area contributed by atoms with Gasteiger partial charge in [0.15, 0.2) is 6.04 Å². The van der Waals surface area contributed by atoms with Crippen LogP contribution in [0.1, 0.15) is 58.6 Å². The van der Waals surface area contributed by atoms with Crippen molar-refractivity contribution in [3.05, 3.63) is 59.7 Å². The fraction of sp³-hybridized carbons (Fsp3) is 0.448. The van der Waals surface area contributed by atoms with Crippen LogP contribution in [-0.4, -0.2) is 59.6 Å². The summed E-state index contributed by atoms with van der Waals surface area (Å²) in [5.74, 6) is -2.81. The standard InChI is InChI=1S/C29H36N2O8/c1-16(2)23(26(34)38-17(3)24(25(32)33)31-28(36)39-29(4,5)6)30-27(35)37-15-22-20-13-9-7-11-18(20)19-12-8-10-14-21(19)22/h7-14,16-17,22-24H,15H2,1-6H3,(H,30,35)(H,31,36)(H,32,33)/t17-,23+,24-/m1/s1. The quantitative estimate of drug-likeness (QED) is 0.313. The average molecular weight is 541 g/mol. The third kappa shape index (κ3) is 7.49. The molecular formula is C29H36N2O8. The second-order valence-electron chi connectivity index (χ2n) is 10.8. The van der Waals surface area contributed by atoms with Crippen LogP contribution in [0.4, 0.5) is 9.59 Å². The topological polar surface area (TPSA) is 140 Å². The molecule has 0 unspecified atom stereocenters. The second kappa shape index (κ2) is 12.2. The van der Waals surface area contributed by atoms with Gasteiger partial charge < -0.3 is 30.0 Å². The van der Waals surface area contributed by atoms with Gasteiger partial charge in [0.25, 0.3) is 0 Å². The molecular weight excluding hydrogens is 504 g/mol. The SMILES string of the molecule is CC(C)[C@H](NC(=O)OCC1c2ccccc2-c2ccccc21)C(=O)O[C@H](C)[C@@H](NC(=O)OC(C)(C)C)C(=O)O. The predicted molar refractivity (Wildman–Crippen MR) is 143 cm³/mol. The number of carboxylic acid groups (broad SMARTS) is 1. The number of alkyl carbamates (subject to hydrolysis) is 2. The van der Waals surface area contributed by atoms with Gasteiger partial charge in [-0.05, 0) is 55.9 Å². The van der Waals surface area contributed by atoms with E-state index in [0.717, 1.165) is 22.3 Å². The lowest BCUT2D eigenvalue weighted by atomic mass is 9.98. The highest BCUT2D eigenvalue weighted by Gasteiger charge is 2.35. The maximum atomic E-state index is 12.9. The van der Waals surface area contributed by atoms with E-state index in [1.54, 1.807) is 34.6 Å². The van der Waals surface area contributed by atoms with E-state index < -0.39 is 53.8 Å². The summed E-state index contributed by atoms with van der Waals surface area (Å²) in [6.07, 6.45) is -3.02. The van der Waals surface area contributed by atoms with Gasteiger partial charge in [-0.2, -0.15) is 0 Å². The molecule has 39 heavy (non-hydrogen) atoms. The number of ether oxygens (including phenoxy) is 3. The van der Waals surface area contributed by atoms with Crippen molar-refractivity contribution >= 4 is 24.1 Å². The number of nitrogens with one attached hydrogen (secondary N) is 2. The smallest absolute Gasteiger partial charge is 0.408 e. The van der Waals surface area contributed by atoms with Crippen LogP contribution in [0.25, 0.3) is 11.1 Å². The van der Waals surface area contributed by atoms with Gasteiger partial charge >= 0.3 is 24.1 Å². The molecule has 0 bridgehead atoms. The molecule has 0 heterocycles. The number of rotatable bonds is 9. The lowest BCUT2D eigenvalue weighted by Crippen LogP contribution is -2.53. The Balaban J connectivity index is 1.62. The van der Waals surface area contributed by atoms with Crippen molar-refractivity contribution in [2.45, 2.75) is 71.2 Å². The molecule has 210 valence electrons. The zero-order valence-corrected chi connectivity index (χ0v) is 23.0. The van der Waals surface area contributed by atoms with Crippen LogP contribution in [0.5, 0.6) is 0 Å². The third-order valence-corrected chi connectivity index (χ3v) is 6.25. The fourth-order valence-corrected chi connectivity index (χ4v) is 4.40. The minimum Gasteiger partial charge on any atom is -0.480 e. The first-order valence-corrected chi connectivity index (χ1v) is 12.8. The number of esters is 1. The maximum absolute atomic E-state index is 12.9. The Bertz CT molecular complexity index is 1170. The number of aliphatic carboxylic acids is 1. The van der Waals surface area contributed by atoms with E-state index in [0.29, 0.717) is 0 Å². The highest BCUT2D eigenvalue weighted by molar-refractivity contribution is 5.84. The Morgan fingerprint density at radius 3 is 1.85 bits per heavy atom. The molecule has 2 amide bonds. The van der Waals surface area contributed by atoms with Crippen molar-refractivity contribution in [3.8, 4) is 11.1 Å². The van der Waals surface area contributed by atoms with E-state index >= 15 is 0 Å². The minimum absolute atomic E-state index is 0.0665. The summed E-state index contributed by atoms with van der Waals surface area (Å²) >= 11 is 0. The van der Waals surface area contributed by atoms with Crippen molar-refractivity contribution in [3.63, 3.8) is 0 Å². The molecule has 3 N–H and O–H groups in total. The van der Waals surface area contributed by atoms with E-state index in [2.05, 4.69) is 10.6 Å². The molecule has 10 heteroatoms. The molecule has 10 nitrogen and oxygen atoms in total. The highest BCUT2D eigenvalue weighted by Crippen LogP contribution is 2.44. The number of amides is 2. The normalized spacial score (nSPS) is 14.8. The predicted octanol–water partition coefficient (Wildman–Crippen LogP) is 4.46. The Hall–Kier alpha value is -4.08. The molecule has 3 rings (SSSR count). The second-order valence-corrected chi connectivity index (χ2v) is 10.8. The van der Waals surface area contributed by atoms with Gasteiger partial charge in [0.2, 0.25) is 0 Å². The molecule has 0 aromatic heterocycles. The summed E-state index contributed by atoms with van der Waals surface area (Å²) in [7, 11) is 0. The minimum atomic E-state index is -1.56. The first-order valence-electron chi connectivity index (χ1n) is 12.8. The number of benzene rings is 2. The van der Waals surface area contributed by atoms with Crippen LogP contribution >= 0.6 is 0 Å². The number of carbonyl (C=O) groups excluding carboxylic acids is 3. The van der Waals surface area contributed by atoms with Crippen LogP contribution in [0.2, 0.25) is 0 Å². The maximum Gasteiger partial charge on any atom is 0.408 e. The zero-order chi connectivity index (χ0) is 28.9. The van der Waals surface area contributed by atoms with Gasteiger partial charge in [0.05, 0.1) is 0 Å². The average Bonchev–Trinajstić information content (AvgIpc) is 3.16. The number of hydrogen-bond donors (Lipinski definition) is 3. The Labute approximate surface area is 228 Å². The molecule has 1 aliphatic carbocycles. The van der Waals surface area contributed by atoms with Crippen molar-refractivity contribution in [1.82, 2.24) is 10.6 Å². The van der Waals surface area contributed by atoms with Gasteiger partial charge in [-0.3, -0.25) is 0 Å². The lowest BCUT2D eigenvalue weighted by Gasteiger charge is -2.27. The Kier molecular flexibility index (Phi) is 9.21. The zero-order valence-electron chi connectivity index (χ0n) is 23.0. The highest BCUT2D eigenvalue weighted by atomic mass is 16.6. The van der Waals surface area contributed by atoms with Crippen molar-refractivity contribution in [1.29, 1.82) is 0 Å². The van der Waals surface area contributed by atoms with E-state index in [1.807, 2.05) is 48.5 Å². The largest absolute Gasteiger partial charge is 0.480 e. The van der Waals surface area contributed by atoms with Crippen molar-refractivity contribution in [2.24, 2.45) is 5.92 Å². The van der Waals surface area contributed by atoms with Crippen LogP contribution in [-0.2, 0) is 23.8 Å². The summed E-state index contributed by atoms with van der Waals surface area (Å²) in [5.41, 5.74) is 3.44. The molecule has 0 aliphatic heterocycles. The van der Waals surface area contributed by atoms with Crippen LogP contribution < -0.4 is 10.6 Å². The molecule has 0 radical (unpaired) electrons. The number of fused-ring (bicyclic) bond motifs is 3. The summed E-state index contributed by atoms with van der Waals surface area (Å²) in [6.45, 7) is 9.70. The summed E-state index contributed by atoms with van der Waals surface area (Å²) in [5, 5.41) is 14.3. The molecule has 2 aromatic carbocycles. The van der Waals surface area contributed by atoms with E-state index in [1.165, 1.54) is 6.92 Å². The Morgan fingerprint density at radius 1 is 0.846 bits per heavy atom. The molecule has 2 aromatic rings. The number of carbonyl (C=O) groups is 4. The summed E-state index contributed by atoms with van der Waals surface area (Å²) in [4.78, 5) is 49.5. The fourth-order valence-electron chi connectivity index (χ4n) is 4.40. The summed E-state index contributed by atoms with van der Waals surface area (Å²) in [6, 6.07) is 13.2. The Morgan fingerprint density at radius 2 is 1.36 bits per heavy atom.